The number of ketones is 3. The van der Waals surface area contributed by atoms with Crippen molar-refractivity contribution in [1.29, 1.82) is 0 Å². The van der Waals surface area contributed by atoms with E-state index in [2.05, 4.69) is 15.5 Å². The number of rotatable bonds is 24. The molecule has 580 valence electrons. The molecular formula is C75H133N9O17. The minimum atomic E-state index is -1.67. The molecule has 0 aromatic heterocycles. The Labute approximate surface area is 604 Å². The van der Waals surface area contributed by atoms with Crippen LogP contribution in [-0.4, -0.2) is 285 Å². The first-order chi connectivity index (χ1) is 47.0. The smallest absolute Gasteiger partial charge is 0.248 e. The maximum Gasteiger partial charge on any atom is 0.248 e. The first kappa shape index (κ1) is 91.3. The Morgan fingerprint density at radius 3 is 1.53 bits per heavy atom. The van der Waals surface area contributed by atoms with Crippen LogP contribution in [0, 0.1) is 59.2 Å². The maximum atomic E-state index is 15.5. The van der Waals surface area contributed by atoms with Gasteiger partial charge in [-0.15, -0.1) is 0 Å². The van der Waals surface area contributed by atoms with Crippen molar-refractivity contribution in [1.82, 2.24) is 44.9 Å². The van der Waals surface area contributed by atoms with E-state index in [1.165, 1.54) is 82.8 Å². The van der Waals surface area contributed by atoms with E-state index >= 15 is 38.4 Å². The molecule has 0 aromatic rings. The fraction of sp³-hybridized carbons (Fsp3) is 0.827. The summed E-state index contributed by atoms with van der Waals surface area (Å²) in [6.45, 7) is 30.1. The van der Waals surface area contributed by atoms with Gasteiger partial charge in [0.25, 0.3) is 0 Å². The molecule has 101 heavy (non-hydrogen) atoms. The zero-order chi connectivity index (χ0) is 77.4. The molecule has 2 heterocycles. The van der Waals surface area contributed by atoms with Gasteiger partial charge in [0.2, 0.25) is 47.3 Å². The van der Waals surface area contributed by atoms with E-state index in [4.69, 9.17) is 18.9 Å². The van der Waals surface area contributed by atoms with Crippen molar-refractivity contribution < 1.29 is 81.9 Å². The molecule has 2 aliphatic rings. The van der Waals surface area contributed by atoms with E-state index < -0.39 is 167 Å². The number of nitrogens with one attached hydrogen (secondary N) is 2. The Hall–Kier alpha value is -5.77. The van der Waals surface area contributed by atoms with Crippen LogP contribution in [0.2, 0.25) is 0 Å². The number of carbonyl (C=O) groups excluding carboxylic acids is 11. The molecule has 0 aromatic carbocycles. The molecule has 0 bridgehead atoms. The Bertz CT molecular complexity index is 2730. The Balaban J connectivity index is 3.13. The summed E-state index contributed by atoms with van der Waals surface area (Å²) in [5.41, 5.74) is -0.778. The summed E-state index contributed by atoms with van der Waals surface area (Å²) in [5, 5.41) is 29.6. The topological polar surface area (TPSA) is 312 Å². The van der Waals surface area contributed by atoms with E-state index in [0.29, 0.717) is 26.2 Å². The van der Waals surface area contributed by atoms with Gasteiger partial charge in [0.05, 0.1) is 56.6 Å². The summed E-state index contributed by atoms with van der Waals surface area (Å²) in [5.74, 6) is -13.0. The molecule has 2 aliphatic heterocycles. The summed E-state index contributed by atoms with van der Waals surface area (Å²) in [4.78, 5) is 175. The molecule has 2 fully saturated rings. The molecule has 26 nitrogen and oxygen atoms in total. The summed E-state index contributed by atoms with van der Waals surface area (Å²) in [6, 6.07) is -10.4. The minimum Gasteiger partial charge on any atom is -0.393 e. The van der Waals surface area contributed by atoms with E-state index in [1.807, 2.05) is 62.3 Å². The molecule has 4 N–H and O–H groups in total. The van der Waals surface area contributed by atoms with Gasteiger partial charge in [0, 0.05) is 114 Å². The maximum absolute atomic E-state index is 15.5. The molecule has 0 radical (unpaired) electrons. The molecule has 0 saturated carbocycles. The zero-order valence-corrected chi connectivity index (χ0v) is 66.2. The number of nitrogens with zero attached hydrogens (tertiary/aromatic N) is 7. The second-order valence-corrected chi connectivity index (χ2v) is 31.4. The largest absolute Gasteiger partial charge is 0.393 e. The van der Waals surface area contributed by atoms with Crippen molar-refractivity contribution in [3.8, 4) is 0 Å². The number of hydrogen-bond acceptors (Lipinski definition) is 18. The van der Waals surface area contributed by atoms with Crippen LogP contribution in [0.15, 0.2) is 12.2 Å². The predicted octanol–water partition coefficient (Wildman–Crippen LogP) is 4.92. The molecule has 0 spiro atoms. The number of aliphatic hydroxyl groups is 2. The van der Waals surface area contributed by atoms with Crippen LogP contribution in [0.5, 0.6) is 0 Å². The highest BCUT2D eigenvalue weighted by Crippen LogP contribution is 2.30. The number of allylic oxidation sites excluding steroid dienone is 2. The van der Waals surface area contributed by atoms with Crippen LogP contribution in [0.25, 0.3) is 0 Å². The number of Topliss-reactive ketones (excluding diaryl/α,β-unsaturated/α-hetero) is 3. The van der Waals surface area contributed by atoms with Crippen LogP contribution in [-0.2, 0) is 71.7 Å². The number of carbonyl (C=O) groups is 11. The highest BCUT2D eigenvalue weighted by atomic mass is 16.6. The van der Waals surface area contributed by atoms with Crippen molar-refractivity contribution in [2.75, 3.05) is 110 Å². The highest BCUT2D eigenvalue weighted by Gasteiger charge is 2.47. The van der Waals surface area contributed by atoms with Gasteiger partial charge in [0.1, 0.15) is 41.9 Å². The van der Waals surface area contributed by atoms with Gasteiger partial charge in [-0.05, 0) is 101 Å². The Morgan fingerprint density at radius 1 is 0.535 bits per heavy atom. The highest BCUT2D eigenvalue weighted by molar-refractivity contribution is 6.00. The van der Waals surface area contributed by atoms with Gasteiger partial charge in [0.15, 0.2) is 17.3 Å². The average Bonchev–Trinajstić information content (AvgIpc) is 0.813. The first-order valence-corrected chi connectivity index (χ1v) is 36.6. The quantitative estimate of drug-likeness (QED) is 0.0932. The summed E-state index contributed by atoms with van der Waals surface area (Å²) < 4.78 is 22.9. The normalized spacial score (nSPS) is 27.6. The lowest BCUT2D eigenvalue weighted by Gasteiger charge is -2.43. The second-order valence-electron chi connectivity index (χ2n) is 31.4. The van der Waals surface area contributed by atoms with Crippen molar-refractivity contribution in [3.63, 3.8) is 0 Å². The fourth-order valence-electron chi connectivity index (χ4n) is 14.3. The predicted molar refractivity (Wildman–Crippen MR) is 387 cm³/mol. The van der Waals surface area contributed by atoms with Crippen LogP contribution in [0.4, 0.5) is 0 Å². The molecule has 0 aliphatic carbocycles. The number of likely N-dealkylation sites (N-methyl/N-ethyl adjacent to an activating group) is 6. The zero-order valence-electron chi connectivity index (χ0n) is 66.2. The van der Waals surface area contributed by atoms with Gasteiger partial charge < -0.3 is 69.2 Å². The van der Waals surface area contributed by atoms with Crippen molar-refractivity contribution in [2.45, 2.75) is 235 Å². The van der Waals surface area contributed by atoms with Crippen molar-refractivity contribution in [2.24, 2.45) is 59.2 Å². The minimum absolute atomic E-state index is 0.0635. The SMILES string of the molecule is C/C=C/C[C@@H](C)[C@@H](O)[C@H]1C(=O)C[C@@H]([C@@H](C)O)C(=O)N(C)[C@@H](COC)C(=O)N(C)[C@@H](CC(C)C)C(=O)CC(CC(C)C)C(=O)N(C)[C@@H](CC(C)C)C(=O)C[C@@H](C)C(=O)N[C@H](C)C(=O)N(C)[C@@H](C[C@H](C)CN2CCOC(COC)(COC)C2)C(=O)NC(CC(C)C)C(=O)N(C)[C@@H](C(C)C)C(=O)N1C. The molecule has 15 atom stereocenters. The molecular weight excluding hydrogens is 1300 g/mol. The number of ether oxygens (including phenoxy) is 4. The van der Waals surface area contributed by atoms with Crippen LogP contribution in [0.1, 0.15) is 169 Å². The lowest BCUT2D eigenvalue weighted by Crippen LogP contribution is -2.62. The van der Waals surface area contributed by atoms with E-state index in [9.17, 15) is 24.6 Å². The van der Waals surface area contributed by atoms with Gasteiger partial charge in [-0.3, -0.25) is 57.6 Å². The monoisotopic (exact) mass is 1430 g/mol. The molecule has 26 heteroatoms. The van der Waals surface area contributed by atoms with E-state index in [0.717, 1.165) is 9.80 Å². The Morgan fingerprint density at radius 2 is 1.04 bits per heavy atom. The molecule has 8 amide bonds. The lowest BCUT2D eigenvalue weighted by atomic mass is 9.85. The third-order valence-electron chi connectivity index (χ3n) is 19.9. The summed E-state index contributed by atoms with van der Waals surface area (Å²) in [7, 11) is 12.9. The third-order valence-corrected chi connectivity index (χ3v) is 19.9. The van der Waals surface area contributed by atoms with Gasteiger partial charge in [-0.2, -0.15) is 0 Å². The van der Waals surface area contributed by atoms with E-state index in [1.54, 1.807) is 61.0 Å². The van der Waals surface area contributed by atoms with Crippen LogP contribution >= 0.6 is 0 Å². The van der Waals surface area contributed by atoms with Gasteiger partial charge >= 0.3 is 0 Å². The molecule has 2 saturated heterocycles. The van der Waals surface area contributed by atoms with Gasteiger partial charge in [-0.1, -0.05) is 102 Å². The number of morpholine rings is 1. The van der Waals surface area contributed by atoms with Crippen molar-refractivity contribution >= 4 is 64.6 Å². The lowest BCUT2D eigenvalue weighted by molar-refractivity contribution is -0.166. The standard InChI is InChI=1S/C75H133N9O17/c1-26-27-28-50(13)66(89)65-63(88)38-55(53(16)85)71(94)81(20)60(40-98-23)73(96)79(18)58(34-47(8)9)62(87)37-54(31-44(2)3)70(93)78(17)57(33-46(6)7)61(86)36-51(14)67(90)76-52(15)69(92)80(19)59(35-49(12)39-84-29-30-101-75(41-84,42-99-24)43-100-25)68(91)77-56(32-45(4)5)72(95)82(21)64(48(10)11)74(97)83(65)22/h26-27,44-60,64-66,85,89H,28-43H2,1-25H3,(H,76,90)(H,77,91)/b27-26+/t49-,50+,51+,52+,53+,54?,55-,56?,57-,58-,59-,60-,64-,65+,66+/m0/s1. The number of methoxy groups -OCH3 is 3. The third kappa shape index (κ3) is 26.7. The van der Waals surface area contributed by atoms with Crippen molar-refractivity contribution in [3.05, 3.63) is 12.2 Å². The van der Waals surface area contributed by atoms with Crippen LogP contribution < -0.4 is 10.6 Å². The molecule has 2 unspecified atom stereocenters. The number of hydrogen-bond donors (Lipinski definition) is 4. The summed E-state index contributed by atoms with van der Waals surface area (Å²) >= 11 is 0. The first-order valence-electron chi connectivity index (χ1n) is 36.6. The van der Waals surface area contributed by atoms with Crippen LogP contribution in [0.3, 0.4) is 0 Å². The number of amides is 8. The molecule has 2 rings (SSSR count). The second kappa shape index (κ2) is 42.9. The Kier molecular flexibility index (Phi) is 38.8. The number of aliphatic hydroxyl groups excluding tert-OH is 2. The van der Waals surface area contributed by atoms with Gasteiger partial charge in [-0.25, -0.2) is 0 Å². The van der Waals surface area contributed by atoms with E-state index in [-0.39, 0.29) is 101 Å². The summed E-state index contributed by atoms with van der Waals surface area (Å²) in [6.07, 6.45) is 0.0242. The fourth-order valence-corrected chi connectivity index (χ4v) is 14.3. The average molecular weight is 1430 g/mol.